The lowest BCUT2D eigenvalue weighted by atomic mass is 10.2. The van der Waals surface area contributed by atoms with Gasteiger partial charge in [0.2, 0.25) is 0 Å². The Morgan fingerprint density at radius 3 is 3.00 bits per heavy atom. The number of aliphatic hydroxyl groups excluding tert-OH is 1. The zero-order valence-electron chi connectivity index (χ0n) is 10.7. The van der Waals surface area contributed by atoms with Crippen LogP contribution in [0.1, 0.15) is 17.8 Å². The zero-order chi connectivity index (χ0) is 13.8. The number of fused-ring (bicyclic) bond motifs is 1. The number of aromatic nitrogens is 2. The molecule has 0 atom stereocenters. The second kappa shape index (κ2) is 5.71. The van der Waals surface area contributed by atoms with Crippen LogP contribution in [0.3, 0.4) is 0 Å². The molecule has 0 aliphatic carbocycles. The van der Waals surface area contributed by atoms with E-state index in [0.29, 0.717) is 35.8 Å². The molecule has 0 aliphatic rings. The summed E-state index contributed by atoms with van der Waals surface area (Å²) in [6, 6.07) is 3.57. The number of ether oxygens (including phenoxy) is 1. The molecular formula is C13H16N2O4. The minimum Gasteiger partial charge on any atom is -0.490 e. The first-order valence-corrected chi connectivity index (χ1v) is 6.05. The van der Waals surface area contributed by atoms with Crippen molar-refractivity contribution in [3.63, 3.8) is 0 Å². The quantitative estimate of drug-likeness (QED) is 0.761. The monoisotopic (exact) mass is 264 g/mol. The van der Waals surface area contributed by atoms with E-state index < -0.39 is 5.97 Å². The van der Waals surface area contributed by atoms with Crippen LogP contribution in [0.15, 0.2) is 18.3 Å². The molecule has 0 saturated heterocycles. The second-order valence-corrected chi connectivity index (χ2v) is 4.21. The summed E-state index contributed by atoms with van der Waals surface area (Å²) in [4.78, 5) is 15.2. The van der Waals surface area contributed by atoms with Gasteiger partial charge in [0.1, 0.15) is 0 Å². The van der Waals surface area contributed by atoms with Crippen LogP contribution in [-0.4, -0.2) is 38.8 Å². The van der Waals surface area contributed by atoms with Gasteiger partial charge in [-0.1, -0.05) is 0 Å². The van der Waals surface area contributed by atoms with Crippen LogP contribution in [0.5, 0.6) is 5.75 Å². The first kappa shape index (κ1) is 13.4. The zero-order valence-corrected chi connectivity index (χ0v) is 10.7. The topological polar surface area (TPSA) is 84.1 Å². The van der Waals surface area contributed by atoms with E-state index in [2.05, 4.69) is 4.98 Å². The highest BCUT2D eigenvalue weighted by Gasteiger charge is 2.14. The number of pyridine rings is 1. The molecule has 6 heteroatoms. The molecule has 2 aromatic heterocycles. The fourth-order valence-corrected chi connectivity index (χ4v) is 1.92. The molecule has 0 radical (unpaired) electrons. The van der Waals surface area contributed by atoms with Crippen LogP contribution < -0.4 is 4.74 Å². The summed E-state index contributed by atoms with van der Waals surface area (Å²) in [5.41, 5.74) is 1.94. The maximum absolute atomic E-state index is 10.9. The largest absolute Gasteiger partial charge is 0.490 e. The summed E-state index contributed by atoms with van der Waals surface area (Å²) >= 11 is 0. The van der Waals surface area contributed by atoms with Crippen molar-refractivity contribution in [2.24, 2.45) is 0 Å². The molecule has 2 rings (SSSR count). The number of aliphatic carboxylic acids is 1. The summed E-state index contributed by atoms with van der Waals surface area (Å²) in [5, 5.41) is 17.7. The Bertz CT molecular complexity index is 592. The van der Waals surface area contributed by atoms with Crippen LogP contribution in [-0.2, 0) is 11.2 Å². The Hall–Kier alpha value is -2.08. The lowest BCUT2D eigenvalue weighted by Gasteiger charge is -2.06. The van der Waals surface area contributed by atoms with Gasteiger partial charge in [-0.3, -0.25) is 4.79 Å². The SMILES string of the molecule is Cc1nc2c(OCCCO)cccn2c1CC(=O)O. The number of carboxylic acids is 1. The van der Waals surface area contributed by atoms with Crippen LogP contribution in [0.2, 0.25) is 0 Å². The Balaban J connectivity index is 2.37. The molecule has 0 spiro atoms. The summed E-state index contributed by atoms with van der Waals surface area (Å²) in [7, 11) is 0. The van der Waals surface area contributed by atoms with Crippen LogP contribution in [0, 0.1) is 6.92 Å². The van der Waals surface area contributed by atoms with Gasteiger partial charge < -0.3 is 19.4 Å². The number of carbonyl (C=O) groups is 1. The number of nitrogens with zero attached hydrogens (tertiary/aromatic N) is 2. The van der Waals surface area contributed by atoms with E-state index in [0.717, 1.165) is 0 Å². The molecule has 0 amide bonds. The normalized spacial score (nSPS) is 10.8. The van der Waals surface area contributed by atoms with E-state index in [1.54, 1.807) is 29.7 Å². The molecule has 0 aromatic carbocycles. The Morgan fingerprint density at radius 2 is 2.32 bits per heavy atom. The predicted octanol–water partition coefficient (Wildman–Crippen LogP) is 1.03. The van der Waals surface area contributed by atoms with Gasteiger partial charge in [0.05, 0.1) is 24.4 Å². The summed E-state index contributed by atoms with van der Waals surface area (Å²) in [6.07, 6.45) is 2.24. The van der Waals surface area contributed by atoms with Crippen molar-refractivity contribution >= 4 is 11.6 Å². The lowest BCUT2D eigenvalue weighted by Crippen LogP contribution is -2.05. The third-order valence-corrected chi connectivity index (χ3v) is 2.79. The van der Waals surface area contributed by atoms with Gasteiger partial charge in [0, 0.05) is 19.2 Å². The molecule has 0 aliphatic heterocycles. The van der Waals surface area contributed by atoms with E-state index in [9.17, 15) is 4.79 Å². The van der Waals surface area contributed by atoms with Gasteiger partial charge in [-0.05, 0) is 19.1 Å². The average Bonchev–Trinajstić information content (AvgIpc) is 2.67. The maximum atomic E-state index is 10.9. The number of rotatable bonds is 6. The Labute approximate surface area is 110 Å². The summed E-state index contributed by atoms with van der Waals surface area (Å²) in [6.45, 7) is 2.25. The van der Waals surface area contributed by atoms with Gasteiger partial charge in [0.15, 0.2) is 11.4 Å². The number of aryl methyl sites for hydroxylation is 1. The molecule has 2 aromatic rings. The minimum absolute atomic E-state index is 0.0703. The van der Waals surface area contributed by atoms with Gasteiger partial charge in [-0.25, -0.2) is 4.98 Å². The van der Waals surface area contributed by atoms with E-state index in [1.807, 2.05) is 0 Å². The lowest BCUT2D eigenvalue weighted by molar-refractivity contribution is -0.136. The summed E-state index contributed by atoms with van der Waals surface area (Å²) < 4.78 is 7.28. The predicted molar refractivity (Wildman–Crippen MR) is 68.5 cm³/mol. The van der Waals surface area contributed by atoms with Crippen molar-refractivity contribution in [1.82, 2.24) is 9.38 Å². The minimum atomic E-state index is -0.892. The third kappa shape index (κ3) is 2.85. The van der Waals surface area contributed by atoms with Gasteiger partial charge in [-0.2, -0.15) is 0 Å². The molecule has 0 unspecified atom stereocenters. The number of carboxylic acid groups (broad SMARTS) is 1. The average molecular weight is 264 g/mol. The fourth-order valence-electron chi connectivity index (χ4n) is 1.92. The molecule has 0 bridgehead atoms. The van der Waals surface area contributed by atoms with E-state index in [4.69, 9.17) is 14.9 Å². The number of hydrogen-bond acceptors (Lipinski definition) is 4. The van der Waals surface area contributed by atoms with Crippen molar-refractivity contribution in [3.05, 3.63) is 29.7 Å². The van der Waals surface area contributed by atoms with Crippen LogP contribution in [0.25, 0.3) is 5.65 Å². The van der Waals surface area contributed by atoms with Crippen LogP contribution >= 0.6 is 0 Å². The third-order valence-electron chi connectivity index (χ3n) is 2.79. The molecule has 102 valence electrons. The number of hydrogen-bond donors (Lipinski definition) is 2. The fraction of sp³-hybridized carbons (Fsp3) is 0.385. The van der Waals surface area contributed by atoms with Crippen molar-refractivity contribution in [3.8, 4) is 5.75 Å². The first-order chi connectivity index (χ1) is 9.13. The summed E-state index contributed by atoms with van der Waals surface area (Å²) in [5.74, 6) is -0.299. The highest BCUT2D eigenvalue weighted by atomic mass is 16.5. The second-order valence-electron chi connectivity index (χ2n) is 4.21. The highest BCUT2D eigenvalue weighted by molar-refractivity contribution is 5.71. The van der Waals surface area contributed by atoms with E-state index >= 15 is 0 Å². The number of imidazole rings is 1. The molecular weight excluding hydrogens is 248 g/mol. The number of aliphatic hydroxyl groups is 1. The van der Waals surface area contributed by atoms with Crippen molar-refractivity contribution in [1.29, 1.82) is 0 Å². The molecule has 2 heterocycles. The maximum Gasteiger partial charge on any atom is 0.309 e. The molecule has 6 nitrogen and oxygen atoms in total. The van der Waals surface area contributed by atoms with E-state index in [-0.39, 0.29) is 13.0 Å². The van der Waals surface area contributed by atoms with Crippen molar-refractivity contribution in [2.75, 3.05) is 13.2 Å². The standard InChI is InChI=1S/C13H16N2O4/c1-9-10(8-12(17)18)15-5-2-4-11(13(15)14-9)19-7-3-6-16/h2,4-5,16H,3,6-8H2,1H3,(H,17,18). The Kier molecular flexibility index (Phi) is 4.01. The Morgan fingerprint density at radius 1 is 1.53 bits per heavy atom. The van der Waals surface area contributed by atoms with Gasteiger partial charge >= 0.3 is 5.97 Å². The van der Waals surface area contributed by atoms with Crippen molar-refractivity contribution in [2.45, 2.75) is 19.8 Å². The van der Waals surface area contributed by atoms with E-state index in [1.165, 1.54) is 0 Å². The molecule has 0 saturated carbocycles. The highest BCUT2D eigenvalue weighted by Crippen LogP contribution is 2.22. The van der Waals surface area contributed by atoms with Gasteiger partial charge in [-0.15, -0.1) is 0 Å². The molecule has 0 fully saturated rings. The first-order valence-electron chi connectivity index (χ1n) is 6.05. The van der Waals surface area contributed by atoms with Gasteiger partial charge in [0.25, 0.3) is 0 Å². The van der Waals surface area contributed by atoms with Crippen LogP contribution in [0.4, 0.5) is 0 Å². The van der Waals surface area contributed by atoms with Crippen molar-refractivity contribution < 1.29 is 19.7 Å². The molecule has 19 heavy (non-hydrogen) atoms. The molecule has 2 N–H and O–H groups in total. The smallest absolute Gasteiger partial charge is 0.309 e.